The summed E-state index contributed by atoms with van der Waals surface area (Å²) in [4.78, 5) is 8.36. The molecule has 0 spiro atoms. The molecule has 2 rings (SSSR count). The van der Waals surface area contributed by atoms with Crippen LogP contribution in [-0.2, 0) is 6.42 Å². The summed E-state index contributed by atoms with van der Waals surface area (Å²) in [6, 6.07) is 0. The Hall–Kier alpha value is -1.16. The van der Waals surface area contributed by atoms with Gasteiger partial charge in [-0.2, -0.15) is 9.61 Å². The lowest BCUT2D eigenvalue weighted by Gasteiger charge is -1.97. The van der Waals surface area contributed by atoms with Crippen LogP contribution in [-0.4, -0.2) is 19.6 Å². The van der Waals surface area contributed by atoms with Gasteiger partial charge in [-0.3, -0.25) is 0 Å². The SMILES string of the molecule is CCCCc1n[c]n2ncc(Cl)c2n1. The third kappa shape index (κ3) is 1.70. The number of hydrogen-bond donors (Lipinski definition) is 0. The van der Waals surface area contributed by atoms with E-state index in [1.165, 1.54) is 4.52 Å². The number of aromatic nitrogens is 4. The normalized spacial score (nSPS) is 11.0. The van der Waals surface area contributed by atoms with Gasteiger partial charge in [0.25, 0.3) is 0 Å². The summed E-state index contributed by atoms with van der Waals surface area (Å²) < 4.78 is 1.46. The van der Waals surface area contributed by atoms with Crippen LogP contribution < -0.4 is 0 Å². The summed E-state index contributed by atoms with van der Waals surface area (Å²) in [6.07, 6.45) is 7.38. The summed E-state index contributed by atoms with van der Waals surface area (Å²) in [5.74, 6) is 0.779. The molecule has 0 saturated heterocycles. The van der Waals surface area contributed by atoms with Crippen LogP contribution in [0, 0.1) is 6.33 Å². The van der Waals surface area contributed by atoms with Gasteiger partial charge in [0.2, 0.25) is 6.33 Å². The Bertz CT molecular complexity index is 437. The molecule has 4 nitrogen and oxygen atoms in total. The fourth-order valence-electron chi connectivity index (χ4n) is 1.19. The fourth-order valence-corrected chi connectivity index (χ4v) is 1.36. The van der Waals surface area contributed by atoms with Crippen molar-refractivity contribution >= 4 is 17.2 Å². The number of hydrogen-bond acceptors (Lipinski definition) is 3. The third-order valence-corrected chi connectivity index (χ3v) is 2.23. The molecule has 2 aromatic rings. The van der Waals surface area contributed by atoms with Crippen molar-refractivity contribution in [3.05, 3.63) is 23.4 Å². The number of fused-ring (bicyclic) bond motifs is 1. The van der Waals surface area contributed by atoms with Gasteiger partial charge in [0.15, 0.2) is 5.65 Å². The maximum Gasteiger partial charge on any atom is 0.202 e. The standard InChI is InChI=1S/C9H10ClN4/c1-2-3-4-8-11-6-14-9(13-8)7(10)5-12-14/h5H,2-4H2,1H3. The summed E-state index contributed by atoms with van der Waals surface area (Å²) in [5.41, 5.74) is 0.632. The largest absolute Gasteiger partial charge is 0.212 e. The molecule has 5 heteroatoms. The van der Waals surface area contributed by atoms with E-state index in [2.05, 4.69) is 28.3 Å². The van der Waals surface area contributed by atoms with Gasteiger partial charge in [-0.25, -0.2) is 9.97 Å². The minimum Gasteiger partial charge on any atom is -0.212 e. The van der Waals surface area contributed by atoms with Gasteiger partial charge >= 0.3 is 0 Å². The lowest BCUT2D eigenvalue weighted by atomic mass is 10.2. The van der Waals surface area contributed by atoms with Gasteiger partial charge in [-0.05, 0) is 6.42 Å². The first-order chi connectivity index (χ1) is 6.81. The van der Waals surface area contributed by atoms with Gasteiger partial charge in [0.05, 0.1) is 6.20 Å². The van der Waals surface area contributed by atoms with E-state index in [0.29, 0.717) is 10.7 Å². The first-order valence-electron chi connectivity index (χ1n) is 4.59. The summed E-state index contributed by atoms with van der Waals surface area (Å²) >= 11 is 5.88. The van der Waals surface area contributed by atoms with Gasteiger partial charge in [-0.15, -0.1) is 0 Å². The highest BCUT2D eigenvalue weighted by Crippen LogP contribution is 2.13. The summed E-state index contributed by atoms with van der Waals surface area (Å²) in [5, 5.41) is 4.49. The number of aryl methyl sites for hydroxylation is 1. The molecule has 73 valence electrons. The lowest BCUT2D eigenvalue weighted by molar-refractivity contribution is 0.736. The first-order valence-corrected chi connectivity index (χ1v) is 4.97. The second kappa shape index (κ2) is 3.92. The number of rotatable bonds is 3. The Morgan fingerprint density at radius 2 is 2.43 bits per heavy atom. The molecule has 14 heavy (non-hydrogen) atoms. The molecule has 0 unspecified atom stereocenters. The average Bonchev–Trinajstić information content (AvgIpc) is 2.57. The van der Waals surface area contributed by atoms with Crippen molar-refractivity contribution in [1.29, 1.82) is 0 Å². The molecule has 0 N–H and O–H groups in total. The van der Waals surface area contributed by atoms with Crippen LogP contribution in [0.1, 0.15) is 25.6 Å². The molecule has 0 saturated carbocycles. The van der Waals surface area contributed by atoms with E-state index in [-0.39, 0.29) is 0 Å². The second-order valence-electron chi connectivity index (χ2n) is 3.07. The molecule has 0 fully saturated rings. The van der Waals surface area contributed by atoms with Crippen LogP contribution >= 0.6 is 11.6 Å². The lowest BCUT2D eigenvalue weighted by Crippen LogP contribution is -2.00. The highest BCUT2D eigenvalue weighted by Gasteiger charge is 2.05. The van der Waals surface area contributed by atoms with Crippen molar-refractivity contribution in [3.63, 3.8) is 0 Å². The Kier molecular flexibility index (Phi) is 2.63. The highest BCUT2D eigenvalue weighted by molar-refractivity contribution is 6.33. The molecule has 0 aromatic carbocycles. The maximum atomic E-state index is 5.88. The van der Waals surface area contributed by atoms with Gasteiger partial charge in [0, 0.05) is 6.42 Å². The summed E-state index contributed by atoms with van der Waals surface area (Å²) in [7, 11) is 0. The predicted molar refractivity (Wildman–Crippen MR) is 53.2 cm³/mol. The van der Waals surface area contributed by atoms with E-state index in [0.717, 1.165) is 25.1 Å². The van der Waals surface area contributed by atoms with Crippen molar-refractivity contribution < 1.29 is 0 Å². The minimum absolute atomic E-state index is 0.543. The Morgan fingerprint density at radius 1 is 1.57 bits per heavy atom. The van der Waals surface area contributed by atoms with Crippen molar-refractivity contribution in [2.75, 3.05) is 0 Å². The topological polar surface area (TPSA) is 43.1 Å². The summed E-state index contributed by atoms with van der Waals surface area (Å²) in [6.45, 7) is 2.13. The molecule has 2 heterocycles. The second-order valence-corrected chi connectivity index (χ2v) is 3.48. The molecule has 2 aromatic heterocycles. The van der Waals surface area contributed by atoms with Crippen molar-refractivity contribution in [2.24, 2.45) is 0 Å². The molecule has 0 amide bonds. The highest BCUT2D eigenvalue weighted by atomic mass is 35.5. The van der Waals surface area contributed by atoms with Gasteiger partial charge in [0.1, 0.15) is 10.8 Å². The quantitative estimate of drug-likeness (QED) is 0.776. The predicted octanol–water partition coefficient (Wildman–Crippen LogP) is 1.92. The van der Waals surface area contributed by atoms with E-state index in [9.17, 15) is 0 Å². The van der Waals surface area contributed by atoms with E-state index in [1.807, 2.05) is 0 Å². The zero-order chi connectivity index (χ0) is 9.97. The van der Waals surface area contributed by atoms with Crippen LogP contribution in [0.4, 0.5) is 0 Å². The van der Waals surface area contributed by atoms with Crippen LogP contribution in [0.2, 0.25) is 5.02 Å². The van der Waals surface area contributed by atoms with E-state index in [4.69, 9.17) is 11.6 Å². The van der Waals surface area contributed by atoms with E-state index >= 15 is 0 Å². The van der Waals surface area contributed by atoms with Crippen LogP contribution in [0.25, 0.3) is 5.65 Å². The Balaban J connectivity index is 2.34. The van der Waals surface area contributed by atoms with Gasteiger partial charge < -0.3 is 0 Å². The van der Waals surface area contributed by atoms with E-state index < -0.39 is 0 Å². The fraction of sp³-hybridized carbons (Fsp3) is 0.444. The van der Waals surface area contributed by atoms with Crippen LogP contribution in [0.15, 0.2) is 6.20 Å². The molecular weight excluding hydrogens is 200 g/mol. The molecule has 0 aliphatic heterocycles. The van der Waals surface area contributed by atoms with Crippen LogP contribution in [0.5, 0.6) is 0 Å². The van der Waals surface area contributed by atoms with Crippen molar-refractivity contribution in [2.45, 2.75) is 26.2 Å². The molecule has 0 aliphatic rings. The van der Waals surface area contributed by atoms with E-state index in [1.54, 1.807) is 6.20 Å². The number of unbranched alkanes of at least 4 members (excludes halogenated alkanes) is 1. The number of halogens is 1. The minimum atomic E-state index is 0.543. The molecule has 0 atom stereocenters. The van der Waals surface area contributed by atoms with Crippen LogP contribution in [0.3, 0.4) is 0 Å². The first kappa shape index (κ1) is 9.40. The molecule has 0 aliphatic carbocycles. The third-order valence-electron chi connectivity index (χ3n) is 1.96. The molecule has 0 bridgehead atoms. The average molecular weight is 210 g/mol. The molecule has 1 radical (unpaired) electrons. The maximum absolute atomic E-state index is 5.88. The van der Waals surface area contributed by atoms with Crippen molar-refractivity contribution in [3.8, 4) is 0 Å². The molecular formula is C9H10ClN4. The monoisotopic (exact) mass is 209 g/mol. The Labute approximate surface area is 86.9 Å². The Morgan fingerprint density at radius 3 is 3.21 bits per heavy atom. The van der Waals surface area contributed by atoms with Crippen molar-refractivity contribution in [1.82, 2.24) is 19.6 Å². The zero-order valence-electron chi connectivity index (χ0n) is 7.87. The zero-order valence-corrected chi connectivity index (χ0v) is 8.62. The smallest absolute Gasteiger partial charge is 0.202 e. The number of nitrogens with zero attached hydrogens (tertiary/aromatic N) is 4. The van der Waals surface area contributed by atoms with Gasteiger partial charge in [-0.1, -0.05) is 24.9 Å².